The van der Waals surface area contributed by atoms with Gasteiger partial charge in [0.25, 0.3) is 0 Å². The Hall–Kier alpha value is -1.54. The van der Waals surface area contributed by atoms with Crippen LogP contribution >= 0.6 is 7.82 Å². The Labute approximate surface area is 352 Å². The molecule has 0 saturated carbocycles. The maximum atomic E-state index is 12.7. The zero-order chi connectivity index (χ0) is 42.0. The number of ether oxygens (including phenoxy) is 2. The van der Waals surface area contributed by atoms with Crippen molar-refractivity contribution in [1.82, 2.24) is 0 Å². The average Bonchev–Trinajstić information content (AvgIpc) is 3.16. The number of carbonyl (C=O) groups excluding carboxylic acids is 1. The maximum Gasteiger partial charge on any atom is 0.472 e. The van der Waals surface area contributed by atoms with Gasteiger partial charge in [0.05, 0.1) is 34.4 Å². The van der Waals surface area contributed by atoms with E-state index in [1.807, 2.05) is 21.1 Å². The summed E-state index contributed by atoms with van der Waals surface area (Å²) in [6, 6.07) is 0. The quantitative estimate of drug-likeness (QED) is 0.0215. The number of quaternary nitrogens is 1. The fourth-order valence-electron chi connectivity index (χ4n) is 6.31. The normalized spacial score (nSPS) is 14.1. The number of nitrogens with zero attached hydrogens (tertiary/aromatic N) is 1. The molecule has 1 N–H and O–H groups in total. The van der Waals surface area contributed by atoms with Crippen LogP contribution in [0.1, 0.15) is 194 Å². The molecule has 2 atom stereocenters. The van der Waals surface area contributed by atoms with Gasteiger partial charge in [0, 0.05) is 13.0 Å². The van der Waals surface area contributed by atoms with E-state index >= 15 is 0 Å². The number of carbonyl (C=O) groups is 1. The van der Waals surface area contributed by atoms with E-state index in [9.17, 15) is 14.3 Å². The Morgan fingerprint density at radius 3 is 1.53 bits per heavy atom. The van der Waals surface area contributed by atoms with Crippen LogP contribution < -0.4 is 0 Å². The summed E-state index contributed by atoms with van der Waals surface area (Å²) >= 11 is 0. The lowest BCUT2D eigenvalue weighted by Gasteiger charge is -2.24. The van der Waals surface area contributed by atoms with Gasteiger partial charge in [0.15, 0.2) is 0 Å². The van der Waals surface area contributed by atoms with E-state index < -0.39 is 13.9 Å². The Bertz CT molecular complexity index is 1050. The smallest absolute Gasteiger partial charge is 0.457 e. The van der Waals surface area contributed by atoms with E-state index in [-0.39, 0.29) is 25.8 Å². The van der Waals surface area contributed by atoms with E-state index in [2.05, 4.69) is 62.5 Å². The summed E-state index contributed by atoms with van der Waals surface area (Å²) < 4.78 is 35.0. The van der Waals surface area contributed by atoms with Crippen molar-refractivity contribution in [3.05, 3.63) is 48.6 Å². The molecule has 0 aromatic carbocycles. The summed E-state index contributed by atoms with van der Waals surface area (Å²) in [5.74, 6) is -0.335. The van der Waals surface area contributed by atoms with Gasteiger partial charge >= 0.3 is 13.8 Å². The maximum absolute atomic E-state index is 12.7. The number of phosphoric acid groups is 1. The van der Waals surface area contributed by atoms with Crippen molar-refractivity contribution < 1.29 is 37.3 Å². The standard InChI is InChI=1S/C48H90NO7P/c1-6-8-10-12-14-16-18-20-22-24-26-28-30-32-34-36-38-40-43-53-45-47(46-55-57(51,52)54-44-42-49(3,4)5)56-48(50)41-39-37-35-33-31-29-27-25-23-21-19-17-15-13-11-9-7-2/h9,11,15,17,21,23,27,29,47H,6-8,10,12-14,16,18-20,22,24-26,28,30-46H2,1-5H3/p+1/b11-9-,17-15-,23-21-,29-27-/t47-/m1/s1. The van der Waals surface area contributed by atoms with Crippen LogP contribution in [0.5, 0.6) is 0 Å². The number of unbranched alkanes of at least 4 members (excludes halogenated alkanes) is 21. The number of rotatable bonds is 43. The van der Waals surface area contributed by atoms with Crippen molar-refractivity contribution in [2.75, 3.05) is 54.1 Å². The van der Waals surface area contributed by atoms with Crippen LogP contribution in [0.2, 0.25) is 0 Å². The molecular formula is C48H91NO7P+. The molecule has 1 unspecified atom stereocenters. The fourth-order valence-corrected chi connectivity index (χ4v) is 7.05. The summed E-state index contributed by atoms with van der Waals surface area (Å²) in [7, 11) is 1.65. The Morgan fingerprint density at radius 1 is 0.561 bits per heavy atom. The van der Waals surface area contributed by atoms with Gasteiger partial charge in [-0.1, -0.05) is 184 Å². The molecule has 0 saturated heterocycles. The molecule has 0 radical (unpaired) electrons. The van der Waals surface area contributed by atoms with Crippen LogP contribution in [0.25, 0.3) is 0 Å². The monoisotopic (exact) mass is 825 g/mol. The molecule has 0 fully saturated rings. The van der Waals surface area contributed by atoms with Gasteiger partial charge in [-0.15, -0.1) is 0 Å². The van der Waals surface area contributed by atoms with Crippen LogP contribution in [0, 0.1) is 0 Å². The molecule has 8 nitrogen and oxygen atoms in total. The van der Waals surface area contributed by atoms with Crippen molar-refractivity contribution in [2.24, 2.45) is 0 Å². The minimum Gasteiger partial charge on any atom is -0.457 e. The minimum atomic E-state index is -4.28. The first kappa shape index (κ1) is 55.5. The van der Waals surface area contributed by atoms with E-state index in [4.69, 9.17) is 18.5 Å². The molecule has 57 heavy (non-hydrogen) atoms. The van der Waals surface area contributed by atoms with Crippen LogP contribution in [0.4, 0.5) is 0 Å². The van der Waals surface area contributed by atoms with Crippen LogP contribution in [0.15, 0.2) is 48.6 Å². The van der Waals surface area contributed by atoms with Crippen LogP contribution in [0.3, 0.4) is 0 Å². The Balaban J connectivity index is 4.23. The molecule has 0 aromatic rings. The number of esters is 1. The third-order valence-electron chi connectivity index (χ3n) is 9.90. The van der Waals surface area contributed by atoms with Crippen molar-refractivity contribution >= 4 is 13.8 Å². The molecule has 0 aliphatic carbocycles. The molecule has 334 valence electrons. The summed E-state index contributed by atoms with van der Waals surface area (Å²) in [4.78, 5) is 22.9. The van der Waals surface area contributed by atoms with Crippen LogP contribution in [-0.2, 0) is 27.9 Å². The minimum absolute atomic E-state index is 0.0832. The number of hydrogen-bond donors (Lipinski definition) is 1. The number of hydrogen-bond acceptors (Lipinski definition) is 6. The van der Waals surface area contributed by atoms with Gasteiger partial charge in [-0.25, -0.2) is 4.57 Å². The first-order chi connectivity index (χ1) is 27.6. The lowest BCUT2D eigenvalue weighted by atomic mass is 10.0. The highest BCUT2D eigenvalue weighted by Gasteiger charge is 2.26. The van der Waals surface area contributed by atoms with Gasteiger partial charge in [-0.05, 0) is 51.4 Å². The van der Waals surface area contributed by atoms with E-state index in [1.54, 1.807) is 0 Å². The third kappa shape index (κ3) is 45.4. The summed E-state index contributed by atoms with van der Waals surface area (Å²) in [6.07, 6.45) is 50.0. The molecule has 0 aromatic heterocycles. The van der Waals surface area contributed by atoms with Crippen LogP contribution in [-0.4, -0.2) is 75.6 Å². The van der Waals surface area contributed by atoms with Gasteiger partial charge < -0.3 is 18.9 Å². The van der Waals surface area contributed by atoms with E-state index in [0.29, 0.717) is 24.1 Å². The molecule has 0 bridgehead atoms. The van der Waals surface area contributed by atoms with Gasteiger partial charge in [-0.2, -0.15) is 0 Å². The first-order valence-corrected chi connectivity index (χ1v) is 24.9. The van der Waals surface area contributed by atoms with Crippen molar-refractivity contribution in [2.45, 2.75) is 200 Å². The van der Waals surface area contributed by atoms with Gasteiger partial charge in [0.1, 0.15) is 19.3 Å². The highest BCUT2D eigenvalue weighted by atomic mass is 31.2. The molecule has 0 aliphatic rings. The number of allylic oxidation sites excluding steroid dienone is 8. The Kier molecular flexibility index (Phi) is 40.1. The highest BCUT2D eigenvalue weighted by molar-refractivity contribution is 7.47. The van der Waals surface area contributed by atoms with Crippen molar-refractivity contribution in [3.8, 4) is 0 Å². The largest absolute Gasteiger partial charge is 0.472 e. The summed E-state index contributed by atoms with van der Waals surface area (Å²) in [5, 5.41) is 0. The average molecular weight is 825 g/mol. The second kappa shape index (κ2) is 41.2. The lowest BCUT2D eigenvalue weighted by molar-refractivity contribution is -0.870. The number of likely N-dealkylation sites (N-methyl/N-ethyl adjacent to an activating group) is 1. The summed E-state index contributed by atoms with van der Waals surface area (Å²) in [6.45, 7) is 5.50. The van der Waals surface area contributed by atoms with Gasteiger partial charge in [0.2, 0.25) is 0 Å². The van der Waals surface area contributed by atoms with E-state index in [1.165, 1.54) is 103 Å². The second-order valence-corrected chi connectivity index (χ2v) is 18.2. The predicted octanol–water partition coefficient (Wildman–Crippen LogP) is 13.9. The van der Waals surface area contributed by atoms with E-state index in [0.717, 1.165) is 70.6 Å². The zero-order valence-corrected chi connectivity index (χ0v) is 38.7. The molecule has 0 aliphatic heterocycles. The second-order valence-electron chi connectivity index (χ2n) is 16.8. The zero-order valence-electron chi connectivity index (χ0n) is 37.8. The molecule has 0 spiro atoms. The molecular weight excluding hydrogens is 734 g/mol. The first-order valence-electron chi connectivity index (χ1n) is 23.4. The highest BCUT2D eigenvalue weighted by Crippen LogP contribution is 2.43. The molecule has 0 heterocycles. The molecule has 0 amide bonds. The predicted molar refractivity (Wildman–Crippen MR) is 243 cm³/mol. The van der Waals surface area contributed by atoms with Crippen molar-refractivity contribution in [3.63, 3.8) is 0 Å². The fraction of sp³-hybridized carbons (Fsp3) is 0.812. The topological polar surface area (TPSA) is 91.3 Å². The third-order valence-corrected chi connectivity index (χ3v) is 10.9. The lowest BCUT2D eigenvalue weighted by Crippen LogP contribution is -2.37. The summed E-state index contributed by atoms with van der Waals surface area (Å²) in [5.41, 5.74) is 0. The number of phosphoric ester groups is 1. The molecule has 0 rings (SSSR count). The SMILES string of the molecule is CC/C=C\C/C=C\C/C=C\C/C=C\CCCCCCC(=O)O[C@H](COCCCCCCCCCCCCCCCCCCCC)COP(=O)(O)OCC[N+](C)(C)C. The van der Waals surface area contributed by atoms with Crippen molar-refractivity contribution in [1.29, 1.82) is 0 Å². The Morgan fingerprint density at radius 2 is 1.02 bits per heavy atom. The van der Waals surface area contributed by atoms with Gasteiger partial charge in [-0.3, -0.25) is 13.8 Å². The molecule has 9 heteroatoms.